The average Bonchev–Trinajstić information content (AvgIpc) is 4.09. The second-order valence-electron chi connectivity index (χ2n) is 17.6. The molecule has 5 unspecified atom stereocenters. The van der Waals surface area contributed by atoms with Crippen LogP contribution in [0.2, 0.25) is 0 Å². The Morgan fingerprint density at radius 3 is 2.38 bits per heavy atom. The number of fused-ring (bicyclic) bond motifs is 3. The maximum atomic E-state index is 13.7. The number of alkyl carbamates (subject to hydrolysis) is 1. The van der Waals surface area contributed by atoms with E-state index in [2.05, 4.69) is 47.2 Å². The minimum Gasteiger partial charge on any atom is -0.489 e. The SMILES string of the molecule is CC(=O)NCCCCC(NC(=O)C(C)NC(=O)CNC(=O)CNC(=O)C(CCCCN(C)C)NC(=O)OCC1C2=C(OCC=C2)c2ccccc21)C(=O)NC1=Cc2sc(C3=NC(C(=O)O)CS3)nc2CC1. The number of amides is 7. The third-order valence-corrected chi connectivity index (χ3v) is 14.0. The number of aliphatic carboxylic acids is 1. The van der Waals surface area contributed by atoms with Gasteiger partial charge >= 0.3 is 12.1 Å². The van der Waals surface area contributed by atoms with Crippen LogP contribution < -0.4 is 37.2 Å². The van der Waals surface area contributed by atoms with Gasteiger partial charge in [0.15, 0.2) is 6.04 Å². The molecule has 0 radical (unpaired) electrons. The predicted octanol–water partition coefficient (Wildman–Crippen LogP) is 1.94. The van der Waals surface area contributed by atoms with Crippen molar-refractivity contribution in [3.05, 3.63) is 74.4 Å². The molecule has 2 aliphatic heterocycles. The number of thiazole rings is 1. The molecule has 382 valence electrons. The molecule has 8 N–H and O–H groups in total. The number of ether oxygens (including phenoxy) is 2. The van der Waals surface area contributed by atoms with Crippen LogP contribution in [0.4, 0.5) is 4.79 Å². The zero-order chi connectivity index (χ0) is 51.0. The molecule has 1 aromatic heterocycles. The third kappa shape index (κ3) is 15.7. The molecular weight excluding hydrogens is 957 g/mol. The standard InChI is InChI=1S/C48H62N10O11S2/c1-27(42(62)54-36(15-7-9-19-49-28(2)59)44(64)53-29-17-18-34-38(22-29)71-46(55-34)45-56-37(26-70-45)47(65)66)52-40(61)24-50-39(60)23-51-43(63)35(16-8-10-20-58(3)4)57-48(67)69-25-33-30-12-5-6-13-31(30)41-32(33)14-11-21-68-41/h5-6,11-14,22,27,33,35-37H,7-10,15-21,23-26H2,1-4H3,(H,49,59)(H,50,60)(H,51,63)(H,52,61)(H,53,64)(H,54,62)(H,57,67)(H,65,66). The number of carbonyl (C=O) groups excluding carboxylic acids is 7. The van der Waals surface area contributed by atoms with E-state index in [1.165, 1.54) is 36.9 Å². The molecular formula is C48H62N10O11S2. The van der Waals surface area contributed by atoms with Crippen molar-refractivity contribution in [3.8, 4) is 0 Å². The number of nitrogens with zero attached hydrogens (tertiary/aromatic N) is 3. The third-order valence-electron chi connectivity index (χ3n) is 11.8. The van der Waals surface area contributed by atoms with Gasteiger partial charge in [-0.05, 0) is 96.6 Å². The Hall–Kier alpha value is -6.59. The number of aliphatic imine (C=N–C) groups is 1. The lowest BCUT2D eigenvalue weighted by Crippen LogP contribution is -2.54. The lowest BCUT2D eigenvalue weighted by atomic mass is 9.96. The molecule has 7 amide bonds. The normalized spacial score (nSPS) is 17.7. The number of aromatic nitrogens is 1. The average molecular weight is 1020 g/mol. The Morgan fingerprint density at radius 2 is 1.63 bits per heavy atom. The van der Waals surface area contributed by atoms with Gasteiger partial charge in [0.1, 0.15) is 47.1 Å². The first-order chi connectivity index (χ1) is 34.1. The summed E-state index contributed by atoms with van der Waals surface area (Å²) < 4.78 is 11.6. The molecule has 23 heteroatoms. The number of carbonyl (C=O) groups is 8. The summed E-state index contributed by atoms with van der Waals surface area (Å²) in [6.45, 7) is 3.41. The Balaban J connectivity index is 0.965. The number of unbranched alkanes of at least 4 members (excludes halogenated alkanes) is 2. The van der Waals surface area contributed by atoms with Gasteiger partial charge in [-0.25, -0.2) is 14.6 Å². The van der Waals surface area contributed by atoms with Crippen LogP contribution in [-0.4, -0.2) is 151 Å². The minimum atomic E-state index is -1.12. The fraction of sp³-hybridized carbons (Fsp3) is 0.500. The van der Waals surface area contributed by atoms with Crippen molar-refractivity contribution >= 4 is 87.5 Å². The van der Waals surface area contributed by atoms with E-state index in [0.29, 0.717) is 66.8 Å². The molecule has 2 aliphatic carbocycles. The van der Waals surface area contributed by atoms with E-state index >= 15 is 0 Å². The number of thioether (sulfide) groups is 1. The van der Waals surface area contributed by atoms with Crippen molar-refractivity contribution in [2.45, 2.75) is 95.3 Å². The van der Waals surface area contributed by atoms with E-state index in [1.807, 2.05) is 55.4 Å². The molecule has 3 heterocycles. The van der Waals surface area contributed by atoms with Gasteiger partial charge in [0, 0.05) is 42.0 Å². The summed E-state index contributed by atoms with van der Waals surface area (Å²) in [4.78, 5) is 114. The van der Waals surface area contributed by atoms with Crippen LogP contribution in [-0.2, 0) is 49.5 Å². The highest BCUT2D eigenvalue weighted by molar-refractivity contribution is 8.15. The first-order valence-electron chi connectivity index (χ1n) is 23.6. The van der Waals surface area contributed by atoms with Gasteiger partial charge in [-0.3, -0.25) is 33.8 Å². The van der Waals surface area contributed by atoms with Gasteiger partial charge in [0.05, 0.1) is 23.7 Å². The van der Waals surface area contributed by atoms with E-state index < -0.39 is 78.9 Å². The number of nitrogens with one attached hydrogen (secondary N) is 7. The number of allylic oxidation sites excluding steroid dienone is 2. The molecule has 6 rings (SSSR count). The van der Waals surface area contributed by atoms with Crippen LogP contribution in [0.5, 0.6) is 0 Å². The first kappa shape index (κ1) is 53.8. The first-order valence-corrected chi connectivity index (χ1v) is 25.4. The summed E-state index contributed by atoms with van der Waals surface area (Å²) in [6, 6.07) is 3.79. The maximum absolute atomic E-state index is 13.7. The number of carboxylic acids is 1. The van der Waals surface area contributed by atoms with Crippen molar-refractivity contribution in [2.75, 3.05) is 59.2 Å². The van der Waals surface area contributed by atoms with Gasteiger partial charge in [-0.2, -0.15) is 0 Å². The predicted molar refractivity (Wildman–Crippen MR) is 267 cm³/mol. The van der Waals surface area contributed by atoms with Crippen LogP contribution in [0.15, 0.2) is 52.7 Å². The highest BCUT2D eigenvalue weighted by atomic mass is 32.2. The molecule has 71 heavy (non-hydrogen) atoms. The maximum Gasteiger partial charge on any atom is 0.407 e. The Labute approximate surface area is 419 Å². The topological polar surface area (TPSA) is 288 Å². The summed E-state index contributed by atoms with van der Waals surface area (Å²) in [5, 5.41) is 29.0. The van der Waals surface area contributed by atoms with E-state index in [9.17, 15) is 43.5 Å². The summed E-state index contributed by atoms with van der Waals surface area (Å²) in [5.74, 6) is -3.49. The van der Waals surface area contributed by atoms with Crippen molar-refractivity contribution in [1.29, 1.82) is 0 Å². The Kier molecular flexibility index (Phi) is 19.7. The summed E-state index contributed by atoms with van der Waals surface area (Å²) in [6.07, 6.45) is 8.72. The van der Waals surface area contributed by atoms with E-state index in [0.717, 1.165) is 46.0 Å². The van der Waals surface area contributed by atoms with Crippen LogP contribution in [0.25, 0.3) is 11.8 Å². The number of carboxylic acid groups (broad SMARTS) is 1. The van der Waals surface area contributed by atoms with Crippen molar-refractivity contribution in [1.82, 2.24) is 47.1 Å². The molecule has 21 nitrogen and oxygen atoms in total. The van der Waals surface area contributed by atoms with Crippen molar-refractivity contribution < 1.29 is 52.9 Å². The fourth-order valence-electron chi connectivity index (χ4n) is 8.10. The highest BCUT2D eigenvalue weighted by Gasteiger charge is 2.34. The quantitative estimate of drug-likeness (QED) is 0.0661. The summed E-state index contributed by atoms with van der Waals surface area (Å²) >= 11 is 2.69. The fourth-order valence-corrected chi connectivity index (χ4v) is 10.3. The van der Waals surface area contributed by atoms with Gasteiger partial charge < -0.3 is 56.7 Å². The van der Waals surface area contributed by atoms with Gasteiger partial charge in [0.25, 0.3) is 0 Å². The van der Waals surface area contributed by atoms with E-state index in [4.69, 9.17) is 9.47 Å². The van der Waals surface area contributed by atoms with Crippen molar-refractivity contribution in [2.24, 2.45) is 4.99 Å². The largest absolute Gasteiger partial charge is 0.489 e. The lowest BCUT2D eigenvalue weighted by molar-refractivity contribution is -0.137. The molecule has 2 aromatic rings. The lowest BCUT2D eigenvalue weighted by Gasteiger charge is -2.23. The monoisotopic (exact) mass is 1020 g/mol. The zero-order valence-electron chi connectivity index (χ0n) is 40.2. The number of rotatable bonds is 25. The number of hydrogen-bond acceptors (Lipinski definition) is 15. The smallest absolute Gasteiger partial charge is 0.407 e. The van der Waals surface area contributed by atoms with Crippen LogP contribution in [0, 0.1) is 0 Å². The van der Waals surface area contributed by atoms with Gasteiger partial charge in [-0.15, -0.1) is 23.1 Å². The highest BCUT2D eigenvalue weighted by Crippen LogP contribution is 2.44. The molecule has 4 aliphatic rings. The van der Waals surface area contributed by atoms with Gasteiger partial charge in [-0.1, -0.05) is 30.3 Å². The zero-order valence-corrected chi connectivity index (χ0v) is 41.9. The number of aryl methyl sites for hydroxylation is 1. The molecule has 5 atom stereocenters. The Morgan fingerprint density at radius 1 is 0.887 bits per heavy atom. The van der Waals surface area contributed by atoms with Crippen LogP contribution >= 0.6 is 23.1 Å². The summed E-state index contributed by atoms with van der Waals surface area (Å²) in [5.41, 5.74) is 4.25. The molecule has 1 aromatic carbocycles. The number of hydrogen-bond donors (Lipinski definition) is 8. The van der Waals surface area contributed by atoms with Gasteiger partial charge in [0.2, 0.25) is 35.4 Å². The van der Waals surface area contributed by atoms with Crippen molar-refractivity contribution in [3.63, 3.8) is 0 Å². The molecule has 0 saturated heterocycles. The summed E-state index contributed by atoms with van der Waals surface area (Å²) in [7, 11) is 3.86. The Bertz CT molecular complexity index is 2470. The second-order valence-corrected chi connectivity index (χ2v) is 19.7. The van der Waals surface area contributed by atoms with Crippen LogP contribution in [0.1, 0.15) is 91.4 Å². The van der Waals surface area contributed by atoms with E-state index in [1.54, 1.807) is 6.08 Å². The molecule has 0 saturated carbocycles. The van der Waals surface area contributed by atoms with E-state index in [-0.39, 0.29) is 31.3 Å². The molecule has 0 fully saturated rings. The molecule has 0 bridgehead atoms. The molecule has 0 spiro atoms. The number of benzene rings is 1. The second kappa shape index (κ2) is 26.0. The minimum absolute atomic E-state index is 0.0133. The van der Waals surface area contributed by atoms with Crippen LogP contribution in [0.3, 0.4) is 0 Å².